The van der Waals surface area contributed by atoms with E-state index < -0.39 is 0 Å². The summed E-state index contributed by atoms with van der Waals surface area (Å²) in [7, 11) is 0. The van der Waals surface area contributed by atoms with Gasteiger partial charge in [-0.15, -0.1) is 0 Å². The van der Waals surface area contributed by atoms with Gasteiger partial charge in [0.15, 0.2) is 0 Å². The van der Waals surface area contributed by atoms with Crippen LogP contribution in [-0.4, -0.2) is 0 Å². The van der Waals surface area contributed by atoms with Gasteiger partial charge < -0.3 is 0 Å². The van der Waals surface area contributed by atoms with Crippen molar-refractivity contribution in [3.8, 4) is 0 Å². The molecule has 6 aromatic carbocycles. The number of hydrogen-bond donors (Lipinski definition) is 0. The number of benzene rings is 6. The maximum atomic E-state index is 2.27. The first-order valence-electron chi connectivity index (χ1n) is 13.3. The van der Waals surface area contributed by atoms with E-state index in [2.05, 4.69) is 125 Å². The summed E-state index contributed by atoms with van der Waals surface area (Å²) in [6, 6.07) is 35.4. The fraction of sp³-hybridized carbons (Fsp3) is 0.222. The van der Waals surface area contributed by atoms with Crippen LogP contribution in [0.4, 0.5) is 0 Å². The minimum atomic E-state index is 1.32. The molecule has 0 amide bonds. The average Bonchev–Trinajstić information content (AvgIpc) is 2.91. The Morgan fingerprint density at radius 2 is 0.556 bits per heavy atom. The van der Waals surface area contributed by atoms with Crippen LogP contribution in [0, 0.1) is 27.7 Å². The summed E-state index contributed by atoms with van der Waals surface area (Å²) in [6.45, 7) is 16.6. The third kappa shape index (κ3) is 5.94. The molecule has 0 unspecified atom stereocenters. The highest BCUT2D eigenvalue weighted by atomic mass is 14.1. The summed E-state index contributed by atoms with van der Waals surface area (Å²) < 4.78 is 0. The van der Waals surface area contributed by atoms with Crippen molar-refractivity contribution >= 4 is 43.1 Å². The molecule has 0 aliphatic carbocycles. The Bertz CT molecular complexity index is 1480. The van der Waals surface area contributed by atoms with Crippen molar-refractivity contribution in [1.29, 1.82) is 0 Å². The molecule has 0 fully saturated rings. The molecule has 36 heavy (non-hydrogen) atoms. The van der Waals surface area contributed by atoms with Gasteiger partial charge >= 0.3 is 0 Å². The maximum Gasteiger partial charge on any atom is -0.0103 e. The molecule has 0 saturated heterocycles. The highest BCUT2D eigenvalue weighted by Gasteiger charge is 2.02. The second-order valence-corrected chi connectivity index (χ2v) is 9.03. The van der Waals surface area contributed by atoms with E-state index in [1.54, 1.807) is 0 Å². The predicted octanol–water partition coefficient (Wildman–Crippen LogP) is 11.3. The van der Waals surface area contributed by atoms with Crippen molar-refractivity contribution in [2.24, 2.45) is 0 Å². The molecule has 0 heteroatoms. The molecule has 0 spiro atoms. The molecule has 0 N–H and O–H groups in total. The lowest BCUT2D eigenvalue weighted by Crippen LogP contribution is -1.80. The number of hydrogen-bond acceptors (Lipinski definition) is 0. The minimum Gasteiger partial charge on any atom is -0.0683 e. The zero-order chi connectivity index (χ0) is 26.2. The van der Waals surface area contributed by atoms with Gasteiger partial charge in [-0.05, 0) is 70.8 Å². The van der Waals surface area contributed by atoms with Gasteiger partial charge in [0, 0.05) is 0 Å². The van der Waals surface area contributed by atoms with Crippen LogP contribution in [0.5, 0.6) is 0 Å². The fourth-order valence-corrected chi connectivity index (χ4v) is 4.59. The molecule has 184 valence electrons. The first-order chi connectivity index (χ1) is 17.5. The van der Waals surface area contributed by atoms with E-state index in [0.29, 0.717) is 0 Å². The Morgan fingerprint density at radius 3 is 0.944 bits per heavy atom. The first-order valence-corrected chi connectivity index (χ1v) is 13.3. The van der Waals surface area contributed by atoms with Gasteiger partial charge in [0.1, 0.15) is 0 Å². The summed E-state index contributed by atoms with van der Waals surface area (Å²) >= 11 is 0. The van der Waals surface area contributed by atoms with Gasteiger partial charge in [-0.1, -0.05) is 147 Å². The van der Waals surface area contributed by atoms with E-state index in [1.165, 1.54) is 65.3 Å². The zero-order valence-electron chi connectivity index (χ0n) is 23.2. The molecule has 0 atom stereocenters. The van der Waals surface area contributed by atoms with Gasteiger partial charge in [-0.25, -0.2) is 0 Å². The van der Waals surface area contributed by atoms with Gasteiger partial charge in [0.25, 0.3) is 0 Å². The molecule has 0 aliphatic rings. The molecule has 0 saturated carbocycles. The Labute approximate surface area is 217 Å². The van der Waals surface area contributed by atoms with Crippen LogP contribution in [0.2, 0.25) is 0 Å². The predicted molar refractivity (Wildman–Crippen MR) is 165 cm³/mol. The third-order valence-electron chi connectivity index (χ3n) is 6.30. The van der Waals surface area contributed by atoms with Crippen molar-refractivity contribution in [2.75, 3.05) is 0 Å². The average molecular weight is 473 g/mol. The molecule has 0 nitrogen and oxygen atoms in total. The Morgan fingerprint density at radius 1 is 0.278 bits per heavy atom. The Hall–Kier alpha value is -3.64. The second-order valence-electron chi connectivity index (χ2n) is 9.03. The molecule has 0 bridgehead atoms. The molecule has 0 radical (unpaired) electrons. The molecule has 0 heterocycles. The van der Waals surface area contributed by atoms with E-state index in [4.69, 9.17) is 0 Å². The smallest absolute Gasteiger partial charge is 0.0103 e. The maximum absolute atomic E-state index is 2.27. The van der Waals surface area contributed by atoms with Crippen molar-refractivity contribution in [1.82, 2.24) is 0 Å². The van der Waals surface area contributed by atoms with E-state index in [0.717, 1.165) is 0 Å². The Balaban J connectivity index is 0.000000177. The van der Waals surface area contributed by atoms with Gasteiger partial charge in [-0.3, -0.25) is 0 Å². The molecule has 6 rings (SSSR count). The SMILES string of the molecule is CC.CC.Cc1ccc2c(ccc3cc(C)ccc32)c1.Cc1ccc2ccc3ccc(C)cc3c2c1. The highest BCUT2D eigenvalue weighted by molar-refractivity contribution is 6.08. The summed E-state index contributed by atoms with van der Waals surface area (Å²) in [6.07, 6.45) is 0. The third-order valence-corrected chi connectivity index (χ3v) is 6.30. The van der Waals surface area contributed by atoms with Crippen LogP contribution in [0.25, 0.3) is 43.1 Å². The zero-order valence-corrected chi connectivity index (χ0v) is 23.2. The van der Waals surface area contributed by atoms with Gasteiger partial charge in [0.05, 0.1) is 0 Å². The Kier molecular flexibility index (Phi) is 9.25. The van der Waals surface area contributed by atoms with Crippen LogP contribution in [-0.2, 0) is 0 Å². The number of fused-ring (bicyclic) bond motifs is 6. The van der Waals surface area contributed by atoms with Gasteiger partial charge in [0.2, 0.25) is 0 Å². The van der Waals surface area contributed by atoms with E-state index in [-0.39, 0.29) is 0 Å². The van der Waals surface area contributed by atoms with Crippen molar-refractivity contribution in [3.63, 3.8) is 0 Å². The molecule has 0 aromatic heterocycles. The lowest BCUT2D eigenvalue weighted by Gasteiger charge is -2.05. The first kappa shape index (κ1) is 27.0. The molecule has 6 aromatic rings. The summed E-state index contributed by atoms with van der Waals surface area (Å²) in [4.78, 5) is 0. The fourth-order valence-electron chi connectivity index (χ4n) is 4.59. The van der Waals surface area contributed by atoms with Crippen molar-refractivity contribution < 1.29 is 0 Å². The monoisotopic (exact) mass is 472 g/mol. The number of rotatable bonds is 0. The van der Waals surface area contributed by atoms with E-state index in [9.17, 15) is 0 Å². The van der Waals surface area contributed by atoms with E-state index in [1.807, 2.05) is 27.7 Å². The molecule has 0 aliphatic heterocycles. The quantitative estimate of drug-likeness (QED) is 0.193. The lowest BCUT2D eigenvalue weighted by atomic mass is 9.99. The highest BCUT2D eigenvalue weighted by Crippen LogP contribution is 2.28. The summed E-state index contributed by atoms with van der Waals surface area (Å²) in [5.41, 5.74) is 5.28. The van der Waals surface area contributed by atoms with Crippen LogP contribution < -0.4 is 0 Å². The summed E-state index contributed by atoms with van der Waals surface area (Å²) in [5.74, 6) is 0. The van der Waals surface area contributed by atoms with Crippen molar-refractivity contribution in [2.45, 2.75) is 55.4 Å². The van der Waals surface area contributed by atoms with Crippen LogP contribution in [0.1, 0.15) is 49.9 Å². The minimum absolute atomic E-state index is 1.32. The normalized spacial score (nSPS) is 10.2. The topological polar surface area (TPSA) is 0 Å². The van der Waals surface area contributed by atoms with Crippen LogP contribution >= 0.6 is 0 Å². The lowest BCUT2D eigenvalue weighted by molar-refractivity contribution is 1.50. The number of aryl methyl sites for hydroxylation is 4. The molecular formula is C36H40. The molecular weight excluding hydrogens is 432 g/mol. The largest absolute Gasteiger partial charge is 0.0683 e. The van der Waals surface area contributed by atoms with E-state index >= 15 is 0 Å². The van der Waals surface area contributed by atoms with Crippen LogP contribution in [0.15, 0.2) is 97.1 Å². The summed E-state index contributed by atoms with van der Waals surface area (Å²) in [5, 5.41) is 10.7. The van der Waals surface area contributed by atoms with Gasteiger partial charge in [-0.2, -0.15) is 0 Å². The van der Waals surface area contributed by atoms with Crippen molar-refractivity contribution in [3.05, 3.63) is 119 Å². The second kappa shape index (κ2) is 12.4. The standard InChI is InChI=1S/2C16H14.2C2H6/c1-11-3-7-15-13(9-11)5-6-14-10-12(2)4-8-16(14)15;1-11-3-5-13-7-8-14-6-4-12(2)10-16(14)15(13)9-11;2*1-2/h2*3-10H,1-2H3;2*1-2H3. The van der Waals surface area contributed by atoms with Crippen LogP contribution in [0.3, 0.4) is 0 Å².